The standard InChI is InChI=1S/C12H9ClF2O/c13-7-2-1-3-8(14)9(7)10(16)11-4-12(15,5-11)6-11/h1-3H,4-6H2. The van der Waals surface area contributed by atoms with Gasteiger partial charge in [0.05, 0.1) is 10.6 Å². The first-order chi connectivity index (χ1) is 7.46. The molecule has 16 heavy (non-hydrogen) atoms. The van der Waals surface area contributed by atoms with Gasteiger partial charge in [-0.05, 0) is 31.4 Å². The quantitative estimate of drug-likeness (QED) is 0.725. The molecule has 3 aliphatic rings. The fourth-order valence-electron chi connectivity index (χ4n) is 2.88. The fourth-order valence-corrected chi connectivity index (χ4v) is 3.13. The number of halogens is 3. The van der Waals surface area contributed by atoms with Crippen LogP contribution in [0.2, 0.25) is 5.02 Å². The molecule has 1 aromatic carbocycles. The highest BCUT2D eigenvalue weighted by Crippen LogP contribution is 2.70. The maximum Gasteiger partial charge on any atom is 0.173 e. The molecule has 0 aliphatic heterocycles. The van der Waals surface area contributed by atoms with E-state index in [1.807, 2.05) is 0 Å². The van der Waals surface area contributed by atoms with Crippen molar-refractivity contribution in [3.05, 3.63) is 34.6 Å². The van der Waals surface area contributed by atoms with E-state index in [2.05, 4.69) is 0 Å². The monoisotopic (exact) mass is 242 g/mol. The Hall–Kier alpha value is -0.960. The lowest BCUT2D eigenvalue weighted by Crippen LogP contribution is -2.67. The molecular formula is C12H9ClF2O. The molecule has 2 bridgehead atoms. The van der Waals surface area contributed by atoms with Gasteiger partial charge in [-0.15, -0.1) is 0 Å². The number of rotatable bonds is 2. The normalized spacial score (nSPS) is 35.2. The van der Waals surface area contributed by atoms with Gasteiger partial charge in [-0.2, -0.15) is 0 Å². The molecule has 0 N–H and O–H groups in total. The molecule has 1 nitrogen and oxygen atoms in total. The Morgan fingerprint density at radius 3 is 2.44 bits per heavy atom. The summed E-state index contributed by atoms with van der Waals surface area (Å²) >= 11 is 5.81. The van der Waals surface area contributed by atoms with Crippen molar-refractivity contribution in [3.8, 4) is 0 Å². The summed E-state index contributed by atoms with van der Waals surface area (Å²) in [5.74, 6) is -0.953. The lowest BCUT2D eigenvalue weighted by atomic mass is 9.40. The summed E-state index contributed by atoms with van der Waals surface area (Å²) in [6.07, 6.45) is 0.677. The molecule has 4 heteroatoms. The van der Waals surface area contributed by atoms with Gasteiger partial charge in [0.2, 0.25) is 0 Å². The fraction of sp³-hybridized carbons (Fsp3) is 0.417. The maximum atomic E-state index is 13.5. The van der Waals surface area contributed by atoms with Crippen molar-refractivity contribution in [1.29, 1.82) is 0 Å². The summed E-state index contributed by atoms with van der Waals surface area (Å²) in [7, 11) is 0. The van der Waals surface area contributed by atoms with E-state index < -0.39 is 16.9 Å². The van der Waals surface area contributed by atoms with Crippen LogP contribution in [0, 0.1) is 11.2 Å². The highest BCUT2D eigenvalue weighted by Gasteiger charge is 2.72. The molecule has 0 unspecified atom stereocenters. The molecule has 0 radical (unpaired) electrons. The van der Waals surface area contributed by atoms with Crippen LogP contribution in [0.15, 0.2) is 18.2 Å². The third-order valence-corrected chi connectivity index (χ3v) is 3.95. The molecular weight excluding hydrogens is 234 g/mol. The van der Waals surface area contributed by atoms with Crippen LogP contribution < -0.4 is 0 Å². The number of carbonyl (C=O) groups excluding carboxylic acids is 1. The Morgan fingerprint density at radius 1 is 1.31 bits per heavy atom. The molecule has 3 saturated carbocycles. The molecule has 0 aromatic heterocycles. The molecule has 4 rings (SSSR count). The van der Waals surface area contributed by atoms with Crippen molar-refractivity contribution in [3.63, 3.8) is 0 Å². The van der Waals surface area contributed by atoms with Crippen molar-refractivity contribution in [2.75, 3.05) is 0 Å². The van der Waals surface area contributed by atoms with Crippen LogP contribution >= 0.6 is 11.6 Å². The van der Waals surface area contributed by atoms with Crippen LogP contribution in [0.4, 0.5) is 8.78 Å². The number of Topliss-reactive ketones (excluding diaryl/α,β-unsaturated/α-hetero) is 1. The zero-order valence-corrected chi connectivity index (χ0v) is 9.15. The Bertz CT molecular complexity index is 458. The van der Waals surface area contributed by atoms with Gasteiger partial charge in [0, 0.05) is 5.41 Å². The van der Waals surface area contributed by atoms with Crippen LogP contribution in [0.25, 0.3) is 0 Å². The van der Waals surface area contributed by atoms with Crippen molar-refractivity contribution in [2.45, 2.75) is 24.9 Å². The lowest BCUT2D eigenvalue weighted by molar-refractivity contribution is -0.180. The van der Waals surface area contributed by atoms with Crippen molar-refractivity contribution < 1.29 is 13.6 Å². The molecule has 0 amide bonds. The molecule has 0 atom stereocenters. The highest BCUT2D eigenvalue weighted by atomic mass is 35.5. The van der Waals surface area contributed by atoms with Crippen LogP contribution in [0.5, 0.6) is 0 Å². The van der Waals surface area contributed by atoms with E-state index in [0.29, 0.717) is 0 Å². The Labute approximate surface area is 96.4 Å². The third-order valence-electron chi connectivity index (χ3n) is 3.64. The Morgan fingerprint density at radius 2 is 1.94 bits per heavy atom. The van der Waals surface area contributed by atoms with Crippen molar-refractivity contribution in [1.82, 2.24) is 0 Å². The predicted molar refractivity (Wildman–Crippen MR) is 55.9 cm³/mol. The van der Waals surface area contributed by atoms with Gasteiger partial charge in [0.1, 0.15) is 11.5 Å². The number of hydrogen-bond donors (Lipinski definition) is 0. The zero-order chi connectivity index (χ0) is 11.6. The minimum Gasteiger partial charge on any atom is -0.293 e. The van der Waals surface area contributed by atoms with Gasteiger partial charge in [0.15, 0.2) is 5.78 Å². The summed E-state index contributed by atoms with van der Waals surface area (Å²) in [6, 6.07) is 4.14. The Balaban J connectivity index is 1.97. The zero-order valence-electron chi connectivity index (χ0n) is 8.40. The first kappa shape index (κ1) is 10.2. The Kier molecular flexibility index (Phi) is 1.81. The van der Waals surface area contributed by atoms with Gasteiger partial charge < -0.3 is 0 Å². The summed E-state index contributed by atoms with van der Waals surface area (Å²) < 4.78 is 26.8. The molecule has 84 valence electrons. The van der Waals surface area contributed by atoms with E-state index in [1.165, 1.54) is 18.2 Å². The number of benzene rings is 1. The topological polar surface area (TPSA) is 17.1 Å². The first-order valence-electron chi connectivity index (χ1n) is 5.14. The molecule has 1 aromatic rings. The van der Waals surface area contributed by atoms with E-state index in [9.17, 15) is 13.6 Å². The predicted octanol–water partition coefficient (Wildman–Crippen LogP) is 3.55. The molecule has 0 spiro atoms. The third kappa shape index (κ3) is 1.12. The van der Waals surface area contributed by atoms with Gasteiger partial charge >= 0.3 is 0 Å². The molecule has 0 heterocycles. The second-order valence-corrected chi connectivity index (χ2v) is 5.29. The van der Waals surface area contributed by atoms with E-state index >= 15 is 0 Å². The van der Waals surface area contributed by atoms with E-state index in [1.54, 1.807) is 0 Å². The van der Waals surface area contributed by atoms with Crippen LogP contribution in [-0.2, 0) is 0 Å². The summed E-state index contributed by atoms with van der Waals surface area (Å²) in [5.41, 5.74) is -1.90. The van der Waals surface area contributed by atoms with Gasteiger partial charge in [0.25, 0.3) is 0 Å². The van der Waals surface area contributed by atoms with Crippen molar-refractivity contribution in [2.24, 2.45) is 5.41 Å². The average molecular weight is 243 g/mol. The van der Waals surface area contributed by atoms with Crippen LogP contribution in [0.3, 0.4) is 0 Å². The second kappa shape index (κ2) is 2.83. The number of carbonyl (C=O) groups is 1. The van der Waals surface area contributed by atoms with E-state index in [4.69, 9.17) is 11.6 Å². The van der Waals surface area contributed by atoms with Gasteiger partial charge in [-0.3, -0.25) is 4.79 Å². The number of ketones is 1. The molecule has 3 aliphatic carbocycles. The minimum atomic E-state index is -1.16. The SMILES string of the molecule is O=C(c1c(F)cccc1Cl)C12CC(F)(C1)C2. The average Bonchev–Trinajstić information content (AvgIpc) is 2.11. The number of alkyl halides is 1. The number of hydrogen-bond acceptors (Lipinski definition) is 1. The van der Waals surface area contributed by atoms with E-state index in [-0.39, 0.29) is 35.6 Å². The summed E-state index contributed by atoms with van der Waals surface area (Å²) in [5, 5.41) is 0.114. The molecule has 0 saturated heterocycles. The lowest BCUT2D eigenvalue weighted by Gasteiger charge is -2.64. The minimum absolute atomic E-state index is 0.0779. The van der Waals surface area contributed by atoms with Crippen molar-refractivity contribution >= 4 is 17.4 Å². The van der Waals surface area contributed by atoms with Crippen LogP contribution in [-0.4, -0.2) is 11.5 Å². The second-order valence-electron chi connectivity index (χ2n) is 4.89. The summed E-state index contributed by atoms with van der Waals surface area (Å²) in [6.45, 7) is 0. The summed E-state index contributed by atoms with van der Waals surface area (Å²) in [4.78, 5) is 12.1. The first-order valence-corrected chi connectivity index (χ1v) is 5.51. The largest absolute Gasteiger partial charge is 0.293 e. The van der Waals surface area contributed by atoms with Gasteiger partial charge in [-0.1, -0.05) is 17.7 Å². The maximum absolute atomic E-state index is 13.5. The smallest absolute Gasteiger partial charge is 0.173 e. The van der Waals surface area contributed by atoms with E-state index in [0.717, 1.165) is 0 Å². The highest BCUT2D eigenvalue weighted by molar-refractivity contribution is 6.34. The molecule has 3 fully saturated rings. The van der Waals surface area contributed by atoms with Crippen LogP contribution in [0.1, 0.15) is 29.6 Å². The van der Waals surface area contributed by atoms with Gasteiger partial charge in [-0.25, -0.2) is 8.78 Å².